The van der Waals surface area contributed by atoms with Gasteiger partial charge in [-0.2, -0.15) is 0 Å². The highest BCUT2D eigenvalue weighted by Crippen LogP contribution is 2.28. The number of rotatable bonds is 3. The monoisotopic (exact) mass is 361 g/mol. The van der Waals surface area contributed by atoms with Crippen LogP contribution >= 0.6 is 11.3 Å². The molecule has 0 aliphatic carbocycles. The molecule has 1 aliphatic heterocycles. The Morgan fingerprint density at radius 1 is 1.24 bits per heavy atom. The molecule has 1 aromatic heterocycles. The van der Waals surface area contributed by atoms with Gasteiger partial charge in [0.25, 0.3) is 11.8 Å². The van der Waals surface area contributed by atoms with Gasteiger partial charge in [-0.3, -0.25) is 9.59 Å². The maximum absolute atomic E-state index is 13.2. The van der Waals surface area contributed by atoms with Crippen LogP contribution in [0.15, 0.2) is 30.3 Å². The maximum atomic E-state index is 13.2. The summed E-state index contributed by atoms with van der Waals surface area (Å²) < 4.78 is 13.2. The van der Waals surface area contributed by atoms with Gasteiger partial charge in [0.1, 0.15) is 5.82 Å². The number of halogens is 1. The molecule has 1 fully saturated rings. The van der Waals surface area contributed by atoms with Gasteiger partial charge >= 0.3 is 0 Å². The molecular weight excluding hydrogens is 341 g/mol. The van der Waals surface area contributed by atoms with E-state index >= 15 is 0 Å². The lowest BCUT2D eigenvalue weighted by Crippen LogP contribution is -2.34. The smallest absolute Gasteiger partial charge is 0.264 e. The van der Waals surface area contributed by atoms with Crippen LogP contribution in [0.5, 0.6) is 0 Å². The summed E-state index contributed by atoms with van der Waals surface area (Å²) in [6.07, 6.45) is 0.930. The first-order valence-corrected chi connectivity index (χ1v) is 9.03. The Hall–Kier alpha value is -2.25. The normalized spacial score (nSPS) is 14.9. The molecule has 2 aromatic rings. The van der Waals surface area contributed by atoms with Gasteiger partial charge in [-0.15, -0.1) is 11.3 Å². The van der Waals surface area contributed by atoms with E-state index in [-0.39, 0.29) is 11.5 Å². The minimum absolute atomic E-state index is 0.00236. The van der Waals surface area contributed by atoms with Gasteiger partial charge in [-0.1, -0.05) is 6.07 Å². The van der Waals surface area contributed by atoms with E-state index in [2.05, 4.69) is 10.6 Å². The topological polar surface area (TPSA) is 61.4 Å². The Kier molecular flexibility index (Phi) is 5.45. The summed E-state index contributed by atoms with van der Waals surface area (Å²) in [7, 11) is 0. The van der Waals surface area contributed by atoms with E-state index in [4.69, 9.17) is 0 Å². The van der Waals surface area contributed by atoms with E-state index in [1.165, 1.54) is 29.5 Å². The van der Waals surface area contributed by atoms with Crippen LogP contribution in [0.25, 0.3) is 0 Å². The zero-order valence-electron chi connectivity index (χ0n) is 14.0. The number of carbonyl (C=O) groups is 2. The molecule has 1 saturated heterocycles. The predicted molar refractivity (Wildman–Crippen MR) is 96.8 cm³/mol. The minimum Gasteiger partial charge on any atom is -0.337 e. The average Bonchev–Trinajstić information content (AvgIpc) is 2.79. The Bertz CT molecular complexity index is 782. The van der Waals surface area contributed by atoms with Gasteiger partial charge in [0.2, 0.25) is 0 Å². The van der Waals surface area contributed by atoms with Crippen molar-refractivity contribution in [3.05, 3.63) is 52.2 Å². The fourth-order valence-corrected chi connectivity index (χ4v) is 3.80. The Morgan fingerprint density at radius 2 is 2.08 bits per heavy atom. The SMILES string of the molecule is Cc1cc(NC(=O)c2cccc(F)c2)sc1C(=O)N1CCCNCC1. The summed E-state index contributed by atoms with van der Waals surface area (Å²) in [5, 5.41) is 6.61. The molecule has 1 aromatic carbocycles. The molecule has 0 unspecified atom stereocenters. The first-order chi connectivity index (χ1) is 12.0. The third-order valence-electron chi connectivity index (χ3n) is 4.06. The van der Waals surface area contributed by atoms with Crippen molar-refractivity contribution < 1.29 is 14.0 Å². The lowest BCUT2D eigenvalue weighted by molar-refractivity contribution is 0.0770. The van der Waals surface area contributed by atoms with Crippen LogP contribution in [0, 0.1) is 12.7 Å². The highest BCUT2D eigenvalue weighted by molar-refractivity contribution is 7.18. The van der Waals surface area contributed by atoms with Crippen molar-refractivity contribution in [1.29, 1.82) is 0 Å². The number of amides is 2. The van der Waals surface area contributed by atoms with E-state index in [1.807, 2.05) is 11.8 Å². The van der Waals surface area contributed by atoms with Crippen LogP contribution in [-0.4, -0.2) is 42.9 Å². The second kappa shape index (κ2) is 7.76. The number of benzene rings is 1. The molecule has 0 bridgehead atoms. The van der Waals surface area contributed by atoms with Crippen molar-refractivity contribution in [3.8, 4) is 0 Å². The summed E-state index contributed by atoms with van der Waals surface area (Å²) in [4.78, 5) is 27.4. The molecule has 25 heavy (non-hydrogen) atoms. The van der Waals surface area contributed by atoms with Crippen LogP contribution in [0.4, 0.5) is 9.39 Å². The molecule has 0 spiro atoms. The van der Waals surface area contributed by atoms with Crippen molar-refractivity contribution in [2.75, 3.05) is 31.5 Å². The van der Waals surface area contributed by atoms with Crippen LogP contribution in [0.1, 0.15) is 32.0 Å². The van der Waals surface area contributed by atoms with Crippen LogP contribution < -0.4 is 10.6 Å². The van der Waals surface area contributed by atoms with Crippen LogP contribution in [0.3, 0.4) is 0 Å². The summed E-state index contributed by atoms with van der Waals surface area (Å²) in [6.45, 7) is 4.98. The van der Waals surface area contributed by atoms with Crippen molar-refractivity contribution in [2.24, 2.45) is 0 Å². The van der Waals surface area contributed by atoms with Gasteiger partial charge in [0.05, 0.1) is 9.88 Å². The predicted octanol–water partition coefficient (Wildman–Crippen LogP) is 2.88. The second-order valence-corrected chi connectivity index (χ2v) is 7.04. The number of nitrogens with zero attached hydrogens (tertiary/aromatic N) is 1. The molecule has 0 saturated carbocycles. The molecular formula is C18H20FN3O2S. The number of carbonyl (C=O) groups excluding carboxylic acids is 2. The summed E-state index contributed by atoms with van der Waals surface area (Å²) in [5.41, 5.74) is 1.08. The first kappa shape index (κ1) is 17.6. The quantitative estimate of drug-likeness (QED) is 0.884. The third kappa shape index (κ3) is 4.24. The highest BCUT2D eigenvalue weighted by atomic mass is 32.1. The van der Waals surface area contributed by atoms with Crippen molar-refractivity contribution in [1.82, 2.24) is 10.2 Å². The zero-order chi connectivity index (χ0) is 17.8. The Morgan fingerprint density at radius 3 is 2.88 bits per heavy atom. The van der Waals surface area contributed by atoms with Gasteiger partial charge in [-0.05, 0) is 49.7 Å². The lowest BCUT2D eigenvalue weighted by atomic mass is 10.2. The summed E-state index contributed by atoms with van der Waals surface area (Å²) in [6, 6.07) is 7.30. The lowest BCUT2D eigenvalue weighted by Gasteiger charge is -2.19. The van der Waals surface area contributed by atoms with E-state index in [1.54, 1.807) is 12.1 Å². The molecule has 3 rings (SSSR count). The van der Waals surface area contributed by atoms with E-state index < -0.39 is 11.7 Å². The van der Waals surface area contributed by atoms with Gasteiger partial charge in [0, 0.05) is 25.2 Å². The molecule has 132 valence electrons. The maximum Gasteiger partial charge on any atom is 0.264 e. The number of anilines is 1. The van der Waals surface area contributed by atoms with E-state index in [0.29, 0.717) is 16.4 Å². The first-order valence-electron chi connectivity index (χ1n) is 8.22. The number of hydrogen-bond acceptors (Lipinski definition) is 4. The molecule has 0 radical (unpaired) electrons. The second-order valence-electron chi connectivity index (χ2n) is 5.98. The zero-order valence-corrected chi connectivity index (χ0v) is 14.8. The van der Waals surface area contributed by atoms with Crippen LogP contribution in [-0.2, 0) is 0 Å². The van der Waals surface area contributed by atoms with Crippen molar-refractivity contribution in [3.63, 3.8) is 0 Å². The van der Waals surface area contributed by atoms with Crippen LogP contribution in [0.2, 0.25) is 0 Å². The van der Waals surface area contributed by atoms with Crippen molar-refractivity contribution >= 4 is 28.2 Å². The number of nitrogens with one attached hydrogen (secondary N) is 2. The standard InChI is InChI=1S/C18H20FN3O2S/c1-12-10-15(21-17(23)13-4-2-5-14(19)11-13)25-16(12)18(24)22-8-3-6-20-7-9-22/h2,4-5,10-11,20H,3,6-9H2,1H3,(H,21,23). The minimum atomic E-state index is -0.458. The van der Waals surface area contributed by atoms with Gasteiger partial charge < -0.3 is 15.5 Å². The molecule has 2 heterocycles. The molecule has 0 atom stereocenters. The third-order valence-corrected chi connectivity index (χ3v) is 5.20. The van der Waals surface area contributed by atoms with E-state index in [9.17, 15) is 14.0 Å². The van der Waals surface area contributed by atoms with Gasteiger partial charge in [0.15, 0.2) is 0 Å². The molecule has 5 nitrogen and oxygen atoms in total. The summed E-state index contributed by atoms with van der Waals surface area (Å²) >= 11 is 1.26. The Labute approximate surface area is 149 Å². The van der Waals surface area contributed by atoms with Gasteiger partial charge in [-0.25, -0.2) is 4.39 Å². The number of aryl methyl sites for hydroxylation is 1. The Balaban J connectivity index is 1.73. The van der Waals surface area contributed by atoms with Crippen molar-refractivity contribution in [2.45, 2.75) is 13.3 Å². The number of hydrogen-bond donors (Lipinski definition) is 2. The molecule has 7 heteroatoms. The van der Waals surface area contributed by atoms with E-state index in [0.717, 1.165) is 31.6 Å². The fourth-order valence-electron chi connectivity index (χ4n) is 2.76. The molecule has 1 aliphatic rings. The highest BCUT2D eigenvalue weighted by Gasteiger charge is 2.22. The average molecular weight is 361 g/mol. The molecule has 2 amide bonds. The fraction of sp³-hybridized carbons (Fsp3) is 0.333. The summed E-state index contributed by atoms with van der Waals surface area (Å²) in [5.74, 6) is -0.850. The molecule has 2 N–H and O–H groups in total. The largest absolute Gasteiger partial charge is 0.337 e. The number of thiophene rings is 1.